The van der Waals surface area contributed by atoms with Gasteiger partial charge in [0.05, 0.1) is 0 Å². The van der Waals surface area contributed by atoms with Crippen LogP contribution < -0.4 is 16.9 Å². The summed E-state index contributed by atoms with van der Waals surface area (Å²) in [5.41, 5.74) is 6.01. The first kappa shape index (κ1) is 22.7. The third-order valence-electron chi connectivity index (χ3n) is 3.54. The highest BCUT2D eigenvalue weighted by atomic mass is 16.6. The number of aliphatic hydroxyl groups is 4. The molecule has 10 heteroatoms. The topological polar surface area (TPSA) is 175 Å². The van der Waals surface area contributed by atoms with E-state index in [9.17, 15) is 20.1 Å². The summed E-state index contributed by atoms with van der Waals surface area (Å²) in [6.07, 6.45) is -3.89. The van der Waals surface area contributed by atoms with Gasteiger partial charge in [-0.15, -0.1) is 0 Å². The van der Waals surface area contributed by atoms with Crippen molar-refractivity contribution in [2.24, 2.45) is 11.6 Å². The normalized spacial score (nSPS) is 30.3. The predicted octanol–water partition coefficient (Wildman–Crippen LogP) is -3.03. The summed E-state index contributed by atoms with van der Waals surface area (Å²) in [5.74, 6) is 5.90. The summed E-state index contributed by atoms with van der Waals surface area (Å²) in [7, 11) is 1.00. The van der Waals surface area contributed by atoms with Gasteiger partial charge in [-0.25, -0.2) is 5.84 Å². The smallest absolute Gasteiger partial charge is 0.173 e. The summed E-state index contributed by atoms with van der Waals surface area (Å²) in [4.78, 5) is 10.9. The Bertz CT molecular complexity index is 384. The monoisotopic (exact) mass is 350 g/mol. The van der Waals surface area contributed by atoms with Gasteiger partial charge in [0.1, 0.15) is 24.4 Å². The van der Waals surface area contributed by atoms with E-state index in [1.54, 1.807) is 0 Å². The fourth-order valence-electron chi connectivity index (χ4n) is 2.21. The molecular formula is C14H30N4O6. The van der Waals surface area contributed by atoms with E-state index in [-0.39, 0.29) is 0 Å². The molecule has 1 fully saturated rings. The molecule has 5 unspecified atom stereocenters. The Labute approximate surface area is 141 Å². The largest absolute Gasteiger partial charge is 0.403 e. The molecule has 0 saturated carbocycles. The first-order valence-corrected chi connectivity index (χ1v) is 7.73. The molecular weight excluding hydrogens is 320 g/mol. The van der Waals surface area contributed by atoms with Crippen molar-refractivity contribution in [1.82, 2.24) is 10.3 Å². The average molecular weight is 350 g/mol. The molecule has 142 valence electrons. The van der Waals surface area contributed by atoms with Crippen LogP contribution in [0.3, 0.4) is 0 Å². The van der Waals surface area contributed by atoms with Crippen LogP contribution in [0.1, 0.15) is 19.8 Å². The fraction of sp³-hybridized carbons (Fsp3) is 0.786. The van der Waals surface area contributed by atoms with Gasteiger partial charge in [0.15, 0.2) is 12.5 Å². The lowest BCUT2D eigenvalue weighted by Gasteiger charge is -2.43. The van der Waals surface area contributed by atoms with E-state index < -0.39 is 30.6 Å². The second-order valence-electron chi connectivity index (χ2n) is 5.16. The molecule has 1 aliphatic heterocycles. The number of hydrogen-bond acceptors (Lipinski definition) is 10. The van der Waals surface area contributed by atoms with Gasteiger partial charge in [0.25, 0.3) is 0 Å². The summed E-state index contributed by atoms with van der Waals surface area (Å²) in [6, 6.07) is 0. The van der Waals surface area contributed by atoms with Crippen molar-refractivity contribution < 1.29 is 30.0 Å². The van der Waals surface area contributed by atoms with Gasteiger partial charge in [-0.05, 0) is 13.0 Å². The highest BCUT2D eigenvalue weighted by Crippen LogP contribution is 2.23. The Morgan fingerprint density at radius 3 is 2.33 bits per heavy atom. The van der Waals surface area contributed by atoms with Crippen molar-refractivity contribution >= 4 is 6.29 Å². The van der Waals surface area contributed by atoms with Crippen LogP contribution >= 0.6 is 0 Å². The molecule has 0 aromatic heterocycles. The van der Waals surface area contributed by atoms with E-state index in [0.29, 0.717) is 24.9 Å². The second kappa shape index (κ2) is 12.1. The number of carbonyl (C=O) groups is 1. The molecule has 0 aromatic rings. The zero-order chi connectivity index (χ0) is 18.7. The second-order valence-corrected chi connectivity index (χ2v) is 5.16. The predicted molar refractivity (Wildman–Crippen MR) is 87.0 cm³/mol. The first-order chi connectivity index (χ1) is 11.5. The molecule has 9 N–H and O–H groups in total. The Morgan fingerprint density at radius 1 is 1.21 bits per heavy atom. The Balaban J connectivity index is 0.00000254. The minimum absolute atomic E-state index is 0.356. The number of aldehydes is 1. The first-order valence-electron chi connectivity index (χ1n) is 7.73. The number of ether oxygens (including phenoxy) is 1. The molecule has 10 nitrogen and oxygen atoms in total. The molecule has 0 radical (unpaired) electrons. The standard InChI is InChI=1S/C13H26N4O5.CH4O/c1-2-4-16-5-3-8(6-14)17(15)13-12(21)11(20)10(19)9(7-18)22-13;1-2/h6-7,9-13,16,19-21H,2-5,14-15H2,1H3;2H,1H3/b8-6-;. The van der Waals surface area contributed by atoms with Crippen LogP contribution in [0.5, 0.6) is 0 Å². The SMILES string of the molecule is CCCNCC/C(=C/N)N(N)C1OC(C=O)C(O)C(O)C1O.CO. The Morgan fingerprint density at radius 2 is 1.83 bits per heavy atom. The minimum atomic E-state index is -1.54. The molecule has 0 bridgehead atoms. The van der Waals surface area contributed by atoms with Gasteiger partial charge in [-0.2, -0.15) is 0 Å². The number of nitrogens with two attached hydrogens (primary N) is 2. The van der Waals surface area contributed by atoms with Gasteiger partial charge in [-0.1, -0.05) is 6.92 Å². The lowest BCUT2D eigenvalue weighted by molar-refractivity contribution is -0.246. The Kier molecular flexibility index (Phi) is 11.5. The van der Waals surface area contributed by atoms with Crippen LogP contribution in [0.4, 0.5) is 0 Å². The van der Waals surface area contributed by atoms with Crippen LogP contribution in [0.15, 0.2) is 11.9 Å². The van der Waals surface area contributed by atoms with Crippen LogP contribution in [-0.4, -0.2) is 82.6 Å². The van der Waals surface area contributed by atoms with Gasteiger partial charge in [0, 0.05) is 32.0 Å². The third kappa shape index (κ3) is 5.98. The van der Waals surface area contributed by atoms with Crippen molar-refractivity contribution in [3.05, 3.63) is 11.9 Å². The number of nitrogens with zero attached hydrogens (tertiary/aromatic N) is 1. The van der Waals surface area contributed by atoms with Gasteiger partial charge >= 0.3 is 0 Å². The summed E-state index contributed by atoms with van der Waals surface area (Å²) in [6.45, 7) is 3.51. The van der Waals surface area contributed by atoms with Crippen molar-refractivity contribution in [3.8, 4) is 0 Å². The summed E-state index contributed by atoms with van der Waals surface area (Å²) in [5, 5.41) is 40.7. The lowest BCUT2D eigenvalue weighted by Crippen LogP contribution is -2.64. The summed E-state index contributed by atoms with van der Waals surface area (Å²) < 4.78 is 5.26. The Hall–Kier alpha value is -1.27. The van der Waals surface area contributed by atoms with E-state index in [0.717, 1.165) is 25.1 Å². The van der Waals surface area contributed by atoms with Crippen molar-refractivity contribution in [1.29, 1.82) is 0 Å². The molecule has 1 aliphatic rings. The maximum absolute atomic E-state index is 10.9. The zero-order valence-corrected chi connectivity index (χ0v) is 14.1. The number of hydrogen-bond donors (Lipinski definition) is 7. The summed E-state index contributed by atoms with van der Waals surface area (Å²) >= 11 is 0. The number of nitrogens with one attached hydrogen (secondary N) is 1. The lowest BCUT2D eigenvalue weighted by atomic mass is 9.98. The molecule has 0 aromatic carbocycles. The highest BCUT2D eigenvalue weighted by molar-refractivity contribution is 5.57. The number of hydrazine groups is 1. The third-order valence-corrected chi connectivity index (χ3v) is 3.54. The van der Waals surface area contributed by atoms with Gasteiger partial charge in [-0.3, -0.25) is 5.01 Å². The van der Waals surface area contributed by atoms with E-state index in [1.165, 1.54) is 6.20 Å². The van der Waals surface area contributed by atoms with Crippen molar-refractivity contribution in [3.63, 3.8) is 0 Å². The number of carbonyl (C=O) groups excluding carboxylic acids is 1. The molecule has 0 aliphatic carbocycles. The van der Waals surface area contributed by atoms with E-state index in [4.69, 9.17) is 21.4 Å². The minimum Gasteiger partial charge on any atom is -0.403 e. The molecule has 0 amide bonds. The van der Waals surface area contributed by atoms with Crippen LogP contribution in [-0.2, 0) is 9.53 Å². The van der Waals surface area contributed by atoms with Crippen LogP contribution in [0.2, 0.25) is 0 Å². The van der Waals surface area contributed by atoms with Gasteiger partial charge < -0.3 is 41.0 Å². The van der Waals surface area contributed by atoms with E-state index in [2.05, 4.69) is 5.32 Å². The average Bonchev–Trinajstić information content (AvgIpc) is 2.61. The van der Waals surface area contributed by atoms with Crippen molar-refractivity contribution in [2.75, 3.05) is 20.2 Å². The highest BCUT2D eigenvalue weighted by Gasteiger charge is 2.45. The fourth-order valence-corrected chi connectivity index (χ4v) is 2.21. The number of rotatable bonds is 8. The van der Waals surface area contributed by atoms with Crippen molar-refractivity contribution in [2.45, 2.75) is 50.4 Å². The zero-order valence-electron chi connectivity index (χ0n) is 14.1. The molecule has 1 heterocycles. The maximum atomic E-state index is 10.9. The quantitative estimate of drug-likeness (QED) is 0.103. The molecule has 0 spiro atoms. The van der Waals surface area contributed by atoms with Gasteiger partial charge in [0.2, 0.25) is 0 Å². The molecule has 5 atom stereocenters. The van der Waals surface area contributed by atoms with E-state index >= 15 is 0 Å². The van der Waals surface area contributed by atoms with Crippen LogP contribution in [0, 0.1) is 0 Å². The molecule has 1 saturated heterocycles. The maximum Gasteiger partial charge on any atom is 0.173 e. The molecule has 24 heavy (non-hydrogen) atoms. The number of aliphatic hydroxyl groups excluding tert-OH is 4. The van der Waals surface area contributed by atoms with E-state index in [1.807, 2.05) is 6.92 Å². The van der Waals surface area contributed by atoms with Crippen LogP contribution in [0.25, 0.3) is 0 Å². The molecule has 1 rings (SSSR count).